The van der Waals surface area contributed by atoms with Crippen molar-refractivity contribution in [2.45, 2.75) is 38.9 Å². The predicted molar refractivity (Wildman–Crippen MR) is 91.7 cm³/mol. The van der Waals surface area contributed by atoms with Gasteiger partial charge in [-0.1, -0.05) is 62.5 Å². The van der Waals surface area contributed by atoms with Crippen LogP contribution in [0.2, 0.25) is 0 Å². The van der Waals surface area contributed by atoms with Gasteiger partial charge in [-0.25, -0.2) is 0 Å². The summed E-state index contributed by atoms with van der Waals surface area (Å²) >= 11 is 0. The molecule has 23 heavy (non-hydrogen) atoms. The lowest BCUT2D eigenvalue weighted by Gasteiger charge is -2.57. The van der Waals surface area contributed by atoms with Gasteiger partial charge in [0.1, 0.15) is 0 Å². The van der Waals surface area contributed by atoms with Gasteiger partial charge in [-0.3, -0.25) is 0 Å². The largest absolute Gasteiger partial charge is 0.366 e. The summed E-state index contributed by atoms with van der Waals surface area (Å²) in [4.78, 5) is 0. The summed E-state index contributed by atoms with van der Waals surface area (Å²) in [7, 11) is 0. The van der Waals surface area contributed by atoms with Gasteiger partial charge in [0.2, 0.25) is 0 Å². The maximum atomic E-state index is 6.26. The molecule has 4 atom stereocenters. The van der Waals surface area contributed by atoms with Crippen molar-refractivity contribution in [3.05, 3.63) is 82.0 Å². The van der Waals surface area contributed by atoms with Gasteiger partial charge in [0.15, 0.2) is 0 Å². The Balaban J connectivity index is 1.75. The molecule has 0 aromatic carbocycles. The molecule has 2 aliphatic heterocycles. The molecule has 1 heteroatoms. The number of ether oxygens (including phenoxy) is 1. The highest BCUT2D eigenvalue weighted by Crippen LogP contribution is 2.67. The quantitative estimate of drug-likeness (QED) is 0.628. The lowest BCUT2D eigenvalue weighted by molar-refractivity contribution is 0.122. The molecule has 0 aromatic heterocycles. The Morgan fingerprint density at radius 1 is 0.870 bits per heavy atom. The van der Waals surface area contributed by atoms with Crippen molar-refractivity contribution < 1.29 is 4.74 Å². The monoisotopic (exact) mass is 300 g/mol. The highest BCUT2D eigenvalue weighted by Gasteiger charge is 2.59. The van der Waals surface area contributed by atoms with Crippen molar-refractivity contribution in [3.63, 3.8) is 0 Å². The topological polar surface area (TPSA) is 9.23 Å². The first-order chi connectivity index (χ1) is 11.1. The van der Waals surface area contributed by atoms with Crippen LogP contribution in [-0.2, 0) is 4.74 Å². The van der Waals surface area contributed by atoms with E-state index in [0.717, 1.165) is 0 Å². The van der Waals surface area contributed by atoms with Crippen LogP contribution in [0.5, 0.6) is 0 Å². The lowest BCUT2D eigenvalue weighted by Crippen LogP contribution is -2.48. The standard InChI is InChI=1S/C22H20O/c1-21-13-4-3-5-14(21)8-9-17-20-16(18-10-11-19(20)23-18)12-15(7-6-13)22(17,21)2/h3-9,12,18-19H,10-11H2,1-2H3/t18?,19?,21-,22-/m0/s1. The number of hydrogen-bond acceptors (Lipinski definition) is 1. The first kappa shape index (κ1) is 12.5. The van der Waals surface area contributed by atoms with E-state index in [2.05, 4.69) is 62.5 Å². The first-order valence-corrected chi connectivity index (χ1v) is 8.76. The molecule has 0 saturated carbocycles. The van der Waals surface area contributed by atoms with E-state index in [1.165, 1.54) is 46.3 Å². The minimum Gasteiger partial charge on any atom is -0.366 e. The Morgan fingerprint density at radius 2 is 1.65 bits per heavy atom. The molecule has 6 rings (SSSR count). The smallest absolute Gasteiger partial charge is 0.0841 e. The molecule has 0 N–H and O–H groups in total. The number of hydrogen-bond donors (Lipinski definition) is 0. The van der Waals surface area contributed by atoms with E-state index >= 15 is 0 Å². The summed E-state index contributed by atoms with van der Waals surface area (Å²) in [6.45, 7) is 4.88. The molecule has 2 saturated heterocycles. The summed E-state index contributed by atoms with van der Waals surface area (Å²) in [6, 6.07) is 0. The molecule has 0 spiro atoms. The molecule has 2 unspecified atom stereocenters. The summed E-state index contributed by atoms with van der Waals surface area (Å²) in [5, 5.41) is 0. The van der Waals surface area contributed by atoms with Gasteiger partial charge < -0.3 is 4.74 Å². The van der Waals surface area contributed by atoms with Gasteiger partial charge in [0.05, 0.1) is 12.2 Å². The Labute approximate surface area is 137 Å². The van der Waals surface area contributed by atoms with Crippen LogP contribution >= 0.6 is 0 Å². The summed E-state index contributed by atoms with van der Waals surface area (Å²) in [6.07, 6.45) is 21.7. The highest BCUT2D eigenvalue weighted by molar-refractivity contribution is 5.71. The van der Waals surface area contributed by atoms with Crippen LogP contribution in [0.25, 0.3) is 0 Å². The van der Waals surface area contributed by atoms with Gasteiger partial charge in [-0.15, -0.1) is 0 Å². The van der Waals surface area contributed by atoms with Crippen LogP contribution in [-0.4, -0.2) is 12.2 Å². The van der Waals surface area contributed by atoms with E-state index < -0.39 is 0 Å². The van der Waals surface area contributed by atoms with Crippen molar-refractivity contribution in [3.8, 4) is 0 Å². The van der Waals surface area contributed by atoms with Gasteiger partial charge in [-0.2, -0.15) is 0 Å². The Hall–Kier alpha value is -1.86. The maximum Gasteiger partial charge on any atom is 0.0841 e. The second-order valence-corrected chi connectivity index (χ2v) is 7.93. The van der Waals surface area contributed by atoms with Crippen molar-refractivity contribution in [2.24, 2.45) is 10.8 Å². The summed E-state index contributed by atoms with van der Waals surface area (Å²) in [5.41, 5.74) is 8.86. The van der Waals surface area contributed by atoms with Crippen LogP contribution < -0.4 is 0 Å². The van der Waals surface area contributed by atoms with Gasteiger partial charge >= 0.3 is 0 Å². The summed E-state index contributed by atoms with van der Waals surface area (Å²) in [5.74, 6) is 0. The van der Waals surface area contributed by atoms with E-state index in [4.69, 9.17) is 4.74 Å². The fourth-order valence-electron chi connectivity index (χ4n) is 5.83. The molecular formula is C22H20O. The van der Waals surface area contributed by atoms with Gasteiger partial charge in [-0.05, 0) is 46.3 Å². The Kier molecular flexibility index (Phi) is 1.98. The Bertz CT molecular complexity index is 885. The minimum absolute atomic E-state index is 0.0229. The predicted octanol–water partition coefficient (Wildman–Crippen LogP) is 4.73. The zero-order valence-electron chi connectivity index (χ0n) is 13.6. The van der Waals surface area contributed by atoms with E-state index in [-0.39, 0.29) is 10.8 Å². The van der Waals surface area contributed by atoms with Crippen LogP contribution in [0.1, 0.15) is 26.7 Å². The van der Waals surface area contributed by atoms with Crippen LogP contribution in [0.4, 0.5) is 0 Å². The van der Waals surface area contributed by atoms with Crippen molar-refractivity contribution >= 4 is 0 Å². The Morgan fingerprint density at radius 3 is 2.57 bits per heavy atom. The zero-order valence-corrected chi connectivity index (χ0v) is 13.6. The SMILES string of the molecule is C[C@@]12C3=CC=CC1=CC=C1C=C4C(=C(C=C3)[C@]12C)C1CCC4O1. The zero-order chi connectivity index (χ0) is 15.4. The molecule has 2 heterocycles. The second kappa shape index (κ2) is 3.62. The number of fused-ring (bicyclic) bond motifs is 5. The van der Waals surface area contributed by atoms with Crippen molar-refractivity contribution in [2.75, 3.05) is 0 Å². The fraction of sp³-hybridized carbons (Fsp3) is 0.364. The molecular weight excluding hydrogens is 280 g/mol. The van der Waals surface area contributed by atoms with E-state index in [9.17, 15) is 0 Å². The lowest BCUT2D eigenvalue weighted by atomic mass is 9.45. The minimum atomic E-state index is 0.0229. The summed E-state index contributed by atoms with van der Waals surface area (Å²) < 4.78 is 6.26. The fourth-order valence-corrected chi connectivity index (χ4v) is 5.83. The van der Waals surface area contributed by atoms with E-state index in [1.54, 1.807) is 0 Å². The molecule has 2 fully saturated rings. The van der Waals surface area contributed by atoms with Gasteiger partial charge in [0, 0.05) is 10.8 Å². The van der Waals surface area contributed by atoms with Crippen LogP contribution in [0.3, 0.4) is 0 Å². The molecule has 2 bridgehead atoms. The third kappa shape index (κ3) is 1.14. The molecule has 0 amide bonds. The first-order valence-electron chi connectivity index (χ1n) is 8.76. The third-order valence-electron chi connectivity index (χ3n) is 7.29. The van der Waals surface area contributed by atoms with Gasteiger partial charge in [0.25, 0.3) is 0 Å². The molecule has 0 radical (unpaired) electrons. The molecule has 114 valence electrons. The van der Waals surface area contributed by atoms with Crippen molar-refractivity contribution in [1.29, 1.82) is 0 Å². The molecule has 0 aromatic rings. The molecule has 4 aliphatic carbocycles. The highest BCUT2D eigenvalue weighted by atomic mass is 16.5. The number of allylic oxidation sites excluding steroid dienone is 12. The third-order valence-corrected chi connectivity index (χ3v) is 7.29. The molecule has 1 nitrogen and oxygen atoms in total. The van der Waals surface area contributed by atoms with E-state index in [0.29, 0.717) is 12.2 Å². The normalized spacial score (nSPS) is 44.4. The van der Waals surface area contributed by atoms with Crippen LogP contribution in [0, 0.1) is 10.8 Å². The average molecular weight is 300 g/mol. The van der Waals surface area contributed by atoms with Crippen LogP contribution in [0.15, 0.2) is 82.0 Å². The maximum absolute atomic E-state index is 6.26. The van der Waals surface area contributed by atoms with Crippen molar-refractivity contribution in [1.82, 2.24) is 0 Å². The average Bonchev–Trinajstić information content (AvgIpc) is 3.14. The van der Waals surface area contributed by atoms with E-state index in [1.807, 2.05) is 0 Å². The molecule has 6 aliphatic rings. The second-order valence-electron chi connectivity index (χ2n) is 7.93. The number of rotatable bonds is 0.